The molecule has 0 saturated carbocycles. The maximum absolute atomic E-state index is 6.33. The van der Waals surface area contributed by atoms with Gasteiger partial charge >= 0.3 is 0 Å². The second-order valence-corrected chi connectivity index (χ2v) is 4.63. The van der Waals surface area contributed by atoms with E-state index in [1.165, 1.54) is 0 Å². The Morgan fingerprint density at radius 1 is 0.812 bits per heavy atom. The van der Waals surface area contributed by atoms with Crippen molar-refractivity contribution in [3.05, 3.63) is 47.8 Å². The summed E-state index contributed by atoms with van der Waals surface area (Å²) in [6.45, 7) is 0. The highest BCUT2D eigenvalue weighted by Gasteiger charge is 2.32. The summed E-state index contributed by atoms with van der Waals surface area (Å²) < 4.78 is 0. The lowest BCUT2D eigenvalue weighted by Gasteiger charge is -2.26. The van der Waals surface area contributed by atoms with E-state index in [1.807, 2.05) is 24.3 Å². The SMILES string of the molecule is ClC1c2cccnc2-c2ncccc2C1Cl. The third-order valence-electron chi connectivity index (χ3n) is 2.75. The molecule has 0 bridgehead atoms. The topological polar surface area (TPSA) is 25.8 Å². The van der Waals surface area contributed by atoms with Gasteiger partial charge in [0.15, 0.2) is 0 Å². The maximum Gasteiger partial charge on any atom is 0.0937 e. The predicted molar refractivity (Wildman–Crippen MR) is 64.7 cm³/mol. The highest BCUT2D eigenvalue weighted by Crippen LogP contribution is 2.48. The van der Waals surface area contributed by atoms with Gasteiger partial charge in [-0.3, -0.25) is 9.97 Å². The molecule has 0 spiro atoms. The van der Waals surface area contributed by atoms with E-state index in [0.29, 0.717) is 0 Å². The molecule has 0 N–H and O–H groups in total. The highest BCUT2D eigenvalue weighted by molar-refractivity contribution is 6.31. The fourth-order valence-electron chi connectivity index (χ4n) is 1.99. The lowest BCUT2D eigenvalue weighted by molar-refractivity contribution is 0.846. The van der Waals surface area contributed by atoms with Crippen LogP contribution in [0.2, 0.25) is 0 Å². The summed E-state index contributed by atoms with van der Waals surface area (Å²) in [5, 5.41) is -0.496. The zero-order valence-corrected chi connectivity index (χ0v) is 9.78. The Hall–Kier alpha value is -1.12. The Balaban J connectivity index is 2.33. The number of fused-ring (bicyclic) bond motifs is 3. The van der Waals surface area contributed by atoms with Crippen molar-refractivity contribution in [3.63, 3.8) is 0 Å². The molecule has 0 radical (unpaired) electrons. The molecule has 3 rings (SSSR count). The van der Waals surface area contributed by atoms with Crippen LogP contribution in [-0.2, 0) is 0 Å². The fraction of sp³-hybridized carbons (Fsp3) is 0.167. The van der Waals surface area contributed by atoms with Gasteiger partial charge in [0.25, 0.3) is 0 Å². The van der Waals surface area contributed by atoms with Crippen molar-refractivity contribution in [2.75, 3.05) is 0 Å². The monoisotopic (exact) mass is 250 g/mol. The van der Waals surface area contributed by atoms with Crippen LogP contribution < -0.4 is 0 Å². The molecule has 16 heavy (non-hydrogen) atoms. The highest BCUT2D eigenvalue weighted by atomic mass is 35.5. The van der Waals surface area contributed by atoms with Gasteiger partial charge in [-0.2, -0.15) is 0 Å². The molecule has 1 aliphatic rings. The van der Waals surface area contributed by atoms with Gasteiger partial charge in [0.1, 0.15) is 0 Å². The number of hydrogen-bond donors (Lipinski definition) is 0. The Morgan fingerprint density at radius 2 is 1.25 bits per heavy atom. The van der Waals surface area contributed by atoms with Gasteiger partial charge in [0.05, 0.1) is 22.1 Å². The predicted octanol–water partition coefficient (Wildman–Crippen LogP) is 3.72. The largest absolute Gasteiger partial charge is 0.254 e. The molecule has 2 nitrogen and oxygen atoms in total. The van der Waals surface area contributed by atoms with E-state index in [2.05, 4.69) is 9.97 Å². The van der Waals surface area contributed by atoms with E-state index >= 15 is 0 Å². The molecule has 2 unspecified atom stereocenters. The molecule has 0 aliphatic heterocycles. The second kappa shape index (κ2) is 3.72. The van der Waals surface area contributed by atoms with E-state index < -0.39 is 0 Å². The Kier molecular flexibility index (Phi) is 2.34. The minimum Gasteiger partial charge on any atom is -0.254 e. The second-order valence-electron chi connectivity index (χ2n) is 3.69. The Bertz CT molecular complexity index is 493. The van der Waals surface area contributed by atoms with Crippen LogP contribution in [0.5, 0.6) is 0 Å². The minimum atomic E-state index is -0.248. The number of nitrogens with zero attached hydrogens (tertiary/aromatic N) is 2. The lowest BCUT2D eigenvalue weighted by atomic mass is 9.92. The van der Waals surface area contributed by atoms with Gasteiger partial charge in [-0.15, -0.1) is 23.2 Å². The molecule has 0 amide bonds. The number of pyridine rings is 2. The molecule has 2 aromatic rings. The average molecular weight is 251 g/mol. The summed E-state index contributed by atoms with van der Waals surface area (Å²) in [5.41, 5.74) is 3.59. The van der Waals surface area contributed by atoms with Gasteiger partial charge in [-0.05, 0) is 23.3 Å². The zero-order chi connectivity index (χ0) is 11.1. The van der Waals surface area contributed by atoms with Crippen molar-refractivity contribution in [1.82, 2.24) is 9.97 Å². The average Bonchev–Trinajstić information content (AvgIpc) is 2.36. The van der Waals surface area contributed by atoms with Crippen molar-refractivity contribution in [3.8, 4) is 11.4 Å². The van der Waals surface area contributed by atoms with Crippen molar-refractivity contribution >= 4 is 23.2 Å². The first-order valence-electron chi connectivity index (χ1n) is 4.97. The summed E-state index contributed by atoms with van der Waals surface area (Å²) in [5.74, 6) is 0. The van der Waals surface area contributed by atoms with E-state index in [-0.39, 0.29) is 10.8 Å². The van der Waals surface area contributed by atoms with Crippen LogP contribution in [0.4, 0.5) is 0 Å². The molecule has 0 saturated heterocycles. The number of rotatable bonds is 0. The van der Waals surface area contributed by atoms with Crippen LogP contribution in [0.3, 0.4) is 0 Å². The van der Waals surface area contributed by atoms with Crippen LogP contribution in [0, 0.1) is 0 Å². The van der Waals surface area contributed by atoms with Crippen molar-refractivity contribution < 1.29 is 0 Å². The van der Waals surface area contributed by atoms with Crippen LogP contribution in [-0.4, -0.2) is 9.97 Å². The third-order valence-corrected chi connectivity index (χ3v) is 3.86. The summed E-state index contributed by atoms with van der Waals surface area (Å²) in [6.07, 6.45) is 3.49. The number of hydrogen-bond acceptors (Lipinski definition) is 2. The molecule has 80 valence electrons. The molecule has 1 aliphatic carbocycles. The van der Waals surface area contributed by atoms with Crippen molar-refractivity contribution in [2.24, 2.45) is 0 Å². The standard InChI is InChI=1S/C12H8Cl2N2/c13-9-7-3-1-5-15-11(7)12-8(10(9)14)4-2-6-16-12/h1-6,9-10H. The molecule has 4 heteroatoms. The smallest absolute Gasteiger partial charge is 0.0937 e. The zero-order valence-electron chi connectivity index (χ0n) is 8.27. The fourth-order valence-corrected chi connectivity index (χ4v) is 2.62. The quantitative estimate of drug-likeness (QED) is 0.667. The molecular weight excluding hydrogens is 243 g/mol. The normalized spacial score (nSPS) is 22.4. The van der Waals surface area contributed by atoms with Crippen molar-refractivity contribution in [1.29, 1.82) is 0 Å². The first kappa shape index (κ1) is 10.1. The molecule has 2 aromatic heterocycles. The van der Waals surface area contributed by atoms with Gasteiger partial charge in [-0.25, -0.2) is 0 Å². The van der Waals surface area contributed by atoms with Crippen LogP contribution in [0.1, 0.15) is 21.9 Å². The van der Waals surface area contributed by atoms with Crippen LogP contribution in [0.25, 0.3) is 11.4 Å². The number of halogens is 2. The van der Waals surface area contributed by atoms with Crippen LogP contribution >= 0.6 is 23.2 Å². The summed E-state index contributed by atoms with van der Waals surface area (Å²) >= 11 is 12.7. The number of aromatic nitrogens is 2. The van der Waals surface area contributed by atoms with Gasteiger partial charge in [0, 0.05) is 12.4 Å². The molecule has 0 fully saturated rings. The van der Waals surface area contributed by atoms with E-state index in [1.54, 1.807) is 12.4 Å². The third kappa shape index (κ3) is 1.34. The molecule has 2 atom stereocenters. The molecular formula is C12H8Cl2N2. The van der Waals surface area contributed by atoms with E-state index in [9.17, 15) is 0 Å². The molecule has 0 aromatic carbocycles. The van der Waals surface area contributed by atoms with E-state index in [0.717, 1.165) is 22.5 Å². The summed E-state index contributed by atoms with van der Waals surface area (Å²) in [4.78, 5) is 8.68. The first-order valence-corrected chi connectivity index (χ1v) is 5.84. The van der Waals surface area contributed by atoms with Gasteiger partial charge < -0.3 is 0 Å². The summed E-state index contributed by atoms with van der Waals surface area (Å²) in [7, 11) is 0. The van der Waals surface area contributed by atoms with E-state index in [4.69, 9.17) is 23.2 Å². The van der Waals surface area contributed by atoms with Crippen molar-refractivity contribution in [2.45, 2.75) is 10.8 Å². The number of alkyl halides is 2. The molecule has 2 heterocycles. The summed E-state index contributed by atoms with van der Waals surface area (Å²) in [6, 6.07) is 7.64. The van der Waals surface area contributed by atoms with Crippen LogP contribution in [0.15, 0.2) is 36.7 Å². The Labute approximate surface area is 103 Å². The van der Waals surface area contributed by atoms with Gasteiger partial charge in [0.2, 0.25) is 0 Å². The first-order chi connectivity index (χ1) is 7.79. The minimum absolute atomic E-state index is 0.248. The maximum atomic E-state index is 6.33. The lowest BCUT2D eigenvalue weighted by Crippen LogP contribution is -2.12. The van der Waals surface area contributed by atoms with Gasteiger partial charge in [-0.1, -0.05) is 12.1 Å². The Morgan fingerprint density at radius 3 is 1.69 bits per heavy atom.